The molecular formula is C8H11N3O. The van der Waals surface area contributed by atoms with Crippen molar-refractivity contribution in [2.24, 2.45) is 0 Å². The molecule has 0 saturated heterocycles. The first kappa shape index (κ1) is 8.52. The second-order valence-electron chi connectivity index (χ2n) is 2.33. The molecule has 0 aliphatic carbocycles. The van der Waals surface area contributed by atoms with Crippen molar-refractivity contribution in [3.8, 4) is 0 Å². The lowest BCUT2D eigenvalue weighted by Crippen LogP contribution is -2.22. The third-order valence-corrected chi connectivity index (χ3v) is 1.38. The number of nitrogen functional groups attached to an aromatic ring is 1. The Hall–Kier alpha value is -1.58. The first-order valence-electron chi connectivity index (χ1n) is 3.73. The van der Waals surface area contributed by atoms with Gasteiger partial charge in [0.05, 0.1) is 0 Å². The zero-order valence-electron chi connectivity index (χ0n) is 6.87. The molecule has 0 spiro atoms. The van der Waals surface area contributed by atoms with Gasteiger partial charge in [-0.15, -0.1) is 0 Å². The highest BCUT2D eigenvalue weighted by molar-refractivity contribution is 5.94. The van der Waals surface area contributed by atoms with Crippen molar-refractivity contribution in [2.75, 3.05) is 12.3 Å². The summed E-state index contributed by atoms with van der Waals surface area (Å²) >= 11 is 0. The Bertz CT molecular complexity index is 285. The standard InChI is InChI=1S/C8H11N3O/c1-2-10-8(12)6-3-4-11-7(9)5-6/h3-5H,2H2,1H3,(H2,9,11)(H,10,12). The molecule has 1 aromatic rings. The van der Waals surface area contributed by atoms with Gasteiger partial charge in [-0.2, -0.15) is 0 Å². The molecule has 0 bridgehead atoms. The van der Waals surface area contributed by atoms with Crippen molar-refractivity contribution in [1.29, 1.82) is 0 Å². The summed E-state index contributed by atoms with van der Waals surface area (Å²) in [6.07, 6.45) is 1.51. The summed E-state index contributed by atoms with van der Waals surface area (Å²) in [6, 6.07) is 3.17. The van der Waals surface area contributed by atoms with Gasteiger partial charge >= 0.3 is 0 Å². The Balaban J connectivity index is 2.81. The predicted molar refractivity (Wildman–Crippen MR) is 46.7 cm³/mol. The third kappa shape index (κ3) is 1.95. The Morgan fingerprint density at radius 1 is 1.75 bits per heavy atom. The number of carbonyl (C=O) groups excluding carboxylic acids is 1. The summed E-state index contributed by atoms with van der Waals surface area (Å²) in [5.74, 6) is 0.241. The number of pyridine rings is 1. The summed E-state index contributed by atoms with van der Waals surface area (Å²) in [6.45, 7) is 2.48. The number of nitrogens with zero attached hydrogens (tertiary/aromatic N) is 1. The van der Waals surface area contributed by atoms with E-state index < -0.39 is 0 Å². The van der Waals surface area contributed by atoms with E-state index in [1.807, 2.05) is 6.92 Å². The normalized spacial score (nSPS) is 9.42. The molecule has 4 nitrogen and oxygen atoms in total. The Labute approximate surface area is 70.8 Å². The van der Waals surface area contributed by atoms with Crippen LogP contribution in [0.15, 0.2) is 18.3 Å². The van der Waals surface area contributed by atoms with Crippen molar-refractivity contribution in [1.82, 2.24) is 10.3 Å². The molecule has 0 saturated carbocycles. The van der Waals surface area contributed by atoms with Crippen LogP contribution < -0.4 is 11.1 Å². The van der Waals surface area contributed by atoms with Crippen LogP contribution in [-0.4, -0.2) is 17.4 Å². The molecule has 0 aromatic carbocycles. The topological polar surface area (TPSA) is 68.0 Å². The number of hydrogen-bond acceptors (Lipinski definition) is 3. The van der Waals surface area contributed by atoms with E-state index in [9.17, 15) is 4.79 Å². The number of hydrogen-bond donors (Lipinski definition) is 2. The number of nitrogens with one attached hydrogen (secondary N) is 1. The fourth-order valence-electron chi connectivity index (χ4n) is 0.852. The van der Waals surface area contributed by atoms with Crippen molar-refractivity contribution in [2.45, 2.75) is 6.92 Å². The largest absolute Gasteiger partial charge is 0.384 e. The fourth-order valence-corrected chi connectivity index (χ4v) is 0.852. The summed E-state index contributed by atoms with van der Waals surface area (Å²) in [7, 11) is 0. The molecule has 1 amide bonds. The monoisotopic (exact) mass is 165 g/mol. The van der Waals surface area contributed by atoms with E-state index in [4.69, 9.17) is 5.73 Å². The number of aromatic nitrogens is 1. The van der Waals surface area contributed by atoms with Gasteiger partial charge in [0.25, 0.3) is 5.91 Å². The van der Waals surface area contributed by atoms with Gasteiger partial charge in [-0.3, -0.25) is 4.79 Å². The van der Waals surface area contributed by atoms with Gasteiger partial charge in [0, 0.05) is 18.3 Å². The van der Waals surface area contributed by atoms with Crippen LogP contribution in [0.2, 0.25) is 0 Å². The SMILES string of the molecule is CCNC(=O)c1ccnc(N)c1. The van der Waals surface area contributed by atoms with Crippen LogP contribution in [0.3, 0.4) is 0 Å². The third-order valence-electron chi connectivity index (χ3n) is 1.38. The predicted octanol–water partition coefficient (Wildman–Crippen LogP) is 0.414. The summed E-state index contributed by atoms with van der Waals surface area (Å²) in [5, 5.41) is 2.67. The molecule has 1 rings (SSSR count). The lowest BCUT2D eigenvalue weighted by atomic mass is 10.2. The van der Waals surface area contributed by atoms with Crippen LogP contribution in [0, 0.1) is 0 Å². The number of rotatable bonds is 2. The van der Waals surface area contributed by atoms with E-state index in [0.717, 1.165) is 0 Å². The van der Waals surface area contributed by atoms with E-state index in [-0.39, 0.29) is 5.91 Å². The minimum absolute atomic E-state index is 0.119. The van der Waals surface area contributed by atoms with Gasteiger partial charge in [-0.05, 0) is 19.1 Å². The maximum absolute atomic E-state index is 11.2. The minimum Gasteiger partial charge on any atom is -0.384 e. The van der Waals surface area contributed by atoms with Gasteiger partial charge in [0.1, 0.15) is 5.82 Å². The Morgan fingerprint density at radius 3 is 3.08 bits per heavy atom. The number of carbonyl (C=O) groups is 1. The van der Waals surface area contributed by atoms with Gasteiger partial charge in [0.2, 0.25) is 0 Å². The highest BCUT2D eigenvalue weighted by Crippen LogP contribution is 2.01. The van der Waals surface area contributed by atoms with E-state index in [1.165, 1.54) is 6.20 Å². The van der Waals surface area contributed by atoms with Crippen molar-refractivity contribution in [3.05, 3.63) is 23.9 Å². The van der Waals surface area contributed by atoms with Crippen molar-refractivity contribution in [3.63, 3.8) is 0 Å². The molecule has 3 N–H and O–H groups in total. The molecule has 12 heavy (non-hydrogen) atoms. The average molecular weight is 165 g/mol. The molecule has 0 aliphatic heterocycles. The fraction of sp³-hybridized carbons (Fsp3) is 0.250. The van der Waals surface area contributed by atoms with Gasteiger partial charge in [-0.25, -0.2) is 4.98 Å². The average Bonchev–Trinajstić information content (AvgIpc) is 2.05. The molecule has 64 valence electrons. The lowest BCUT2D eigenvalue weighted by Gasteiger charge is -2.01. The van der Waals surface area contributed by atoms with Crippen LogP contribution in [0.4, 0.5) is 5.82 Å². The molecule has 4 heteroatoms. The number of nitrogens with two attached hydrogens (primary N) is 1. The lowest BCUT2D eigenvalue weighted by molar-refractivity contribution is 0.0956. The molecule has 1 heterocycles. The van der Waals surface area contributed by atoms with E-state index >= 15 is 0 Å². The van der Waals surface area contributed by atoms with Gasteiger partial charge < -0.3 is 11.1 Å². The first-order chi connectivity index (χ1) is 5.74. The molecular weight excluding hydrogens is 154 g/mol. The van der Waals surface area contributed by atoms with Crippen LogP contribution in [0.5, 0.6) is 0 Å². The molecule has 0 aliphatic rings. The highest BCUT2D eigenvalue weighted by Gasteiger charge is 2.02. The second kappa shape index (κ2) is 3.71. The maximum atomic E-state index is 11.2. The smallest absolute Gasteiger partial charge is 0.251 e. The van der Waals surface area contributed by atoms with Crippen molar-refractivity contribution >= 4 is 11.7 Å². The minimum atomic E-state index is -0.119. The number of amides is 1. The van der Waals surface area contributed by atoms with Crippen LogP contribution in [0.25, 0.3) is 0 Å². The zero-order valence-corrected chi connectivity index (χ0v) is 6.87. The summed E-state index contributed by atoms with van der Waals surface area (Å²) in [4.78, 5) is 15.0. The highest BCUT2D eigenvalue weighted by atomic mass is 16.1. The summed E-state index contributed by atoms with van der Waals surface area (Å²) < 4.78 is 0. The quantitative estimate of drug-likeness (QED) is 0.667. The molecule has 0 unspecified atom stereocenters. The van der Waals surface area contributed by atoms with Crippen LogP contribution in [0.1, 0.15) is 17.3 Å². The molecule has 1 aromatic heterocycles. The number of anilines is 1. The van der Waals surface area contributed by atoms with Gasteiger partial charge in [0.15, 0.2) is 0 Å². The Morgan fingerprint density at radius 2 is 2.50 bits per heavy atom. The molecule has 0 fully saturated rings. The van der Waals surface area contributed by atoms with Gasteiger partial charge in [-0.1, -0.05) is 0 Å². The van der Waals surface area contributed by atoms with E-state index in [1.54, 1.807) is 12.1 Å². The van der Waals surface area contributed by atoms with E-state index in [2.05, 4.69) is 10.3 Å². The maximum Gasteiger partial charge on any atom is 0.251 e. The van der Waals surface area contributed by atoms with Crippen LogP contribution in [-0.2, 0) is 0 Å². The van der Waals surface area contributed by atoms with E-state index in [0.29, 0.717) is 17.9 Å². The second-order valence-corrected chi connectivity index (χ2v) is 2.33. The first-order valence-corrected chi connectivity index (χ1v) is 3.73. The molecule has 0 radical (unpaired) electrons. The van der Waals surface area contributed by atoms with Crippen molar-refractivity contribution < 1.29 is 4.79 Å². The van der Waals surface area contributed by atoms with Crippen LogP contribution >= 0.6 is 0 Å². The summed E-state index contributed by atoms with van der Waals surface area (Å²) in [5.41, 5.74) is 5.95. The molecule has 0 atom stereocenters. The zero-order chi connectivity index (χ0) is 8.97. The Kier molecular flexibility index (Phi) is 2.63.